The molecule has 1 spiro atoms. The van der Waals surface area contributed by atoms with Gasteiger partial charge in [-0.25, -0.2) is 8.42 Å². The highest BCUT2D eigenvalue weighted by Gasteiger charge is 2.42. The van der Waals surface area contributed by atoms with E-state index in [2.05, 4.69) is 39.4 Å². The van der Waals surface area contributed by atoms with E-state index >= 15 is 0 Å². The highest BCUT2D eigenvalue weighted by molar-refractivity contribution is 7.89. The van der Waals surface area contributed by atoms with Crippen molar-refractivity contribution in [3.05, 3.63) is 48.3 Å². The zero-order valence-corrected chi connectivity index (χ0v) is 15.8. The zero-order chi connectivity index (χ0) is 18.0. The fourth-order valence-corrected chi connectivity index (χ4v) is 6.02. The molecule has 2 aromatic rings. The van der Waals surface area contributed by atoms with E-state index in [0.717, 1.165) is 45.3 Å². The molecule has 0 radical (unpaired) electrons. The van der Waals surface area contributed by atoms with Gasteiger partial charge >= 0.3 is 0 Å². The van der Waals surface area contributed by atoms with Gasteiger partial charge in [0.1, 0.15) is 4.90 Å². The molecule has 1 atom stereocenters. The van der Waals surface area contributed by atoms with Gasteiger partial charge in [-0.3, -0.25) is 10.00 Å². The van der Waals surface area contributed by atoms with Crippen LogP contribution in [0.25, 0.3) is 0 Å². The Kier molecular flexibility index (Phi) is 4.86. The number of aromatic amines is 1. The van der Waals surface area contributed by atoms with Crippen LogP contribution in [0.3, 0.4) is 0 Å². The van der Waals surface area contributed by atoms with Crippen molar-refractivity contribution in [2.75, 3.05) is 26.2 Å². The molecule has 3 heterocycles. The first-order chi connectivity index (χ1) is 12.6. The topological polar surface area (TPSA) is 69.3 Å². The van der Waals surface area contributed by atoms with E-state index in [-0.39, 0.29) is 10.3 Å². The summed E-state index contributed by atoms with van der Waals surface area (Å²) in [6.07, 6.45) is 7.15. The summed E-state index contributed by atoms with van der Waals surface area (Å²) in [5.74, 6) is 0. The maximum absolute atomic E-state index is 12.9. The molecule has 1 unspecified atom stereocenters. The van der Waals surface area contributed by atoms with Crippen molar-refractivity contribution >= 4 is 10.0 Å². The lowest BCUT2D eigenvalue weighted by Crippen LogP contribution is -2.53. The minimum atomic E-state index is -3.45. The highest BCUT2D eigenvalue weighted by Crippen LogP contribution is 2.40. The predicted molar refractivity (Wildman–Crippen MR) is 100.0 cm³/mol. The Balaban J connectivity index is 1.49. The quantitative estimate of drug-likeness (QED) is 0.893. The number of H-pyrrole nitrogens is 1. The molecule has 1 aromatic heterocycles. The van der Waals surface area contributed by atoms with Crippen LogP contribution in [0.4, 0.5) is 0 Å². The van der Waals surface area contributed by atoms with Gasteiger partial charge < -0.3 is 0 Å². The summed E-state index contributed by atoms with van der Waals surface area (Å²) in [6, 6.07) is 10.5. The molecule has 1 N–H and O–H groups in total. The van der Waals surface area contributed by atoms with Crippen LogP contribution in [0, 0.1) is 5.41 Å². The summed E-state index contributed by atoms with van der Waals surface area (Å²) < 4.78 is 27.5. The summed E-state index contributed by atoms with van der Waals surface area (Å²) >= 11 is 0. The van der Waals surface area contributed by atoms with Crippen molar-refractivity contribution in [2.24, 2.45) is 5.41 Å². The van der Waals surface area contributed by atoms with Crippen LogP contribution in [0.1, 0.15) is 31.2 Å². The highest BCUT2D eigenvalue weighted by atomic mass is 32.2. The summed E-state index contributed by atoms with van der Waals surface area (Å²) in [4.78, 5) is 2.76. The molecule has 2 saturated heterocycles. The molecule has 26 heavy (non-hydrogen) atoms. The second-order valence-corrected chi connectivity index (χ2v) is 9.61. The molecule has 2 aliphatic rings. The fourth-order valence-electron chi connectivity index (χ4n) is 4.52. The van der Waals surface area contributed by atoms with E-state index in [9.17, 15) is 8.42 Å². The molecular formula is C19H26N4O2S. The first-order valence-electron chi connectivity index (χ1n) is 9.33. The lowest BCUT2D eigenvalue weighted by atomic mass is 9.74. The molecule has 0 saturated carbocycles. The molecule has 0 aliphatic carbocycles. The van der Waals surface area contributed by atoms with Crippen LogP contribution in [0.2, 0.25) is 0 Å². The molecular weight excluding hydrogens is 348 g/mol. The average Bonchev–Trinajstić information content (AvgIpc) is 3.18. The third kappa shape index (κ3) is 3.56. The number of benzene rings is 1. The number of likely N-dealkylation sites (tertiary alicyclic amines) is 1. The lowest BCUT2D eigenvalue weighted by Gasteiger charge is -2.48. The second kappa shape index (κ2) is 7.13. The monoisotopic (exact) mass is 374 g/mol. The van der Waals surface area contributed by atoms with Gasteiger partial charge in [-0.15, -0.1) is 0 Å². The number of hydrogen-bond acceptors (Lipinski definition) is 4. The van der Waals surface area contributed by atoms with Gasteiger partial charge in [-0.05, 0) is 43.2 Å². The van der Waals surface area contributed by atoms with Crippen LogP contribution in [-0.2, 0) is 16.6 Å². The number of nitrogens with zero attached hydrogens (tertiary/aromatic N) is 3. The predicted octanol–water partition coefficient (Wildman–Crippen LogP) is 2.48. The Hall–Kier alpha value is -1.70. The van der Waals surface area contributed by atoms with Crippen molar-refractivity contribution in [3.8, 4) is 0 Å². The molecule has 1 aromatic carbocycles. The Morgan fingerprint density at radius 2 is 1.85 bits per heavy atom. The van der Waals surface area contributed by atoms with E-state index in [4.69, 9.17) is 0 Å². The van der Waals surface area contributed by atoms with E-state index in [1.807, 2.05) is 6.07 Å². The minimum Gasteiger partial charge on any atom is -0.298 e. The van der Waals surface area contributed by atoms with Crippen LogP contribution >= 0.6 is 0 Å². The van der Waals surface area contributed by atoms with Gasteiger partial charge in [-0.2, -0.15) is 9.40 Å². The number of piperidine rings is 2. The van der Waals surface area contributed by atoms with Crippen molar-refractivity contribution in [2.45, 2.75) is 37.1 Å². The van der Waals surface area contributed by atoms with Crippen LogP contribution in [0.5, 0.6) is 0 Å². The van der Waals surface area contributed by atoms with E-state index < -0.39 is 10.0 Å². The van der Waals surface area contributed by atoms with Crippen LogP contribution in [-0.4, -0.2) is 54.0 Å². The van der Waals surface area contributed by atoms with Gasteiger partial charge in [0.05, 0.1) is 6.20 Å². The van der Waals surface area contributed by atoms with Crippen LogP contribution < -0.4 is 0 Å². The molecule has 140 valence electrons. The van der Waals surface area contributed by atoms with Gasteiger partial charge in [0.15, 0.2) is 0 Å². The largest absolute Gasteiger partial charge is 0.298 e. The standard InChI is InChI=1S/C19H26N4O2S/c24-26(25,18-12-20-21-13-18)23-11-5-9-19(16-23)8-4-10-22(15-19)14-17-6-2-1-3-7-17/h1-3,6-7,12-13H,4-5,8-11,14-16H2,(H,20,21). The minimum absolute atomic E-state index is 0.0715. The lowest BCUT2D eigenvalue weighted by molar-refractivity contribution is 0.0362. The molecule has 4 rings (SSSR count). The Labute approximate surface area is 155 Å². The zero-order valence-electron chi connectivity index (χ0n) is 15.0. The molecule has 2 fully saturated rings. The smallest absolute Gasteiger partial charge is 0.246 e. The Morgan fingerprint density at radius 1 is 1.08 bits per heavy atom. The third-order valence-electron chi connectivity index (χ3n) is 5.73. The number of hydrogen-bond donors (Lipinski definition) is 1. The molecule has 6 nitrogen and oxygen atoms in total. The maximum Gasteiger partial charge on any atom is 0.246 e. The maximum atomic E-state index is 12.9. The van der Waals surface area contributed by atoms with Crippen molar-refractivity contribution < 1.29 is 8.42 Å². The van der Waals surface area contributed by atoms with Crippen LogP contribution in [0.15, 0.2) is 47.6 Å². The number of nitrogens with one attached hydrogen (secondary N) is 1. The molecule has 0 amide bonds. The summed E-state index contributed by atoms with van der Waals surface area (Å²) in [5.41, 5.74) is 1.39. The molecule has 0 bridgehead atoms. The first-order valence-corrected chi connectivity index (χ1v) is 10.8. The van der Waals surface area contributed by atoms with E-state index in [1.54, 1.807) is 4.31 Å². The Morgan fingerprint density at radius 3 is 2.58 bits per heavy atom. The number of sulfonamides is 1. The van der Waals surface area contributed by atoms with Gasteiger partial charge in [0.25, 0.3) is 0 Å². The fraction of sp³-hybridized carbons (Fsp3) is 0.526. The first kappa shape index (κ1) is 17.7. The number of aromatic nitrogens is 2. The SMILES string of the molecule is O=S(=O)(c1cn[nH]c1)N1CCCC2(CCCN(Cc3ccccc3)C2)C1. The van der Waals surface area contributed by atoms with Gasteiger partial charge in [-0.1, -0.05) is 30.3 Å². The summed E-state index contributed by atoms with van der Waals surface area (Å²) in [7, 11) is -3.45. The van der Waals surface area contributed by atoms with E-state index in [0.29, 0.717) is 13.1 Å². The van der Waals surface area contributed by atoms with Gasteiger partial charge in [0, 0.05) is 32.4 Å². The summed E-state index contributed by atoms with van der Waals surface area (Å²) in [6.45, 7) is 4.22. The van der Waals surface area contributed by atoms with E-state index in [1.165, 1.54) is 18.0 Å². The van der Waals surface area contributed by atoms with Crippen molar-refractivity contribution in [1.82, 2.24) is 19.4 Å². The third-order valence-corrected chi connectivity index (χ3v) is 7.54. The number of rotatable bonds is 4. The molecule has 7 heteroatoms. The van der Waals surface area contributed by atoms with Crippen molar-refractivity contribution in [3.63, 3.8) is 0 Å². The normalized spacial score (nSPS) is 25.5. The summed E-state index contributed by atoms with van der Waals surface area (Å²) in [5, 5.41) is 6.42. The van der Waals surface area contributed by atoms with Gasteiger partial charge in [0.2, 0.25) is 10.0 Å². The van der Waals surface area contributed by atoms with Crippen molar-refractivity contribution in [1.29, 1.82) is 0 Å². The average molecular weight is 375 g/mol. The Bertz CT molecular complexity index is 818. The second-order valence-electron chi connectivity index (χ2n) is 7.68. The molecule has 2 aliphatic heterocycles.